The molecule has 1 aromatic heterocycles. The molecule has 3 nitrogen and oxygen atoms in total. The Morgan fingerprint density at radius 2 is 2.35 bits per heavy atom. The van der Waals surface area contributed by atoms with Gasteiger partial charge in [0.2, 0.25) is 0 Å². The SMILES string of the molecule is CNCCN1C=C(F)CC(C2(c3ncc(C)s3)CC2)C1. The van der Waals surface area contributed by atoms with Gasteiger partial charge in [0.1, 0.15) is 5.83 Å². The zero-order valence-corrected chi connectivity index (χ0v) is 13.0. The Morgan fingerprint density at radius 3 is 2.95 bits per heavy atom. The van der Waals surface area contributed by atoms with Gasteiger partial charge in [0.15, 0.2) is 0 Å². The van der Waals surface area contributed by atoms with Gasteiger partial charge in [0.25, 0.3) is 0 Å². The van der Waals surface area contributed by atoms with E-state index in [2.05, 4.69) is 22.1 Å². The number of hydrogen-bond acceptors (Lipinski definition) is 4. The molecule has 1 N–H and O–H groups in total. The molecule has 1 fully saturated rings. The Balaban J connectivity index is 1.76. The summed E-state index contributed by atoms with van der Waals surface area (Å²) in [5.74, 6) is 0.395. The molecule has 1 unspecified atom stereocenters. The minimum absolute atomic E-state index is 0.0249. The van der Waals surface area contributed by atoms with Gasteiger partial charge in [-0.15, -0.1) is 11.3 Å². The van der Waals surface area contributed by atoms with Crippen LogP contribution in [0, 0.1) is 12.8 Å². The summed E-state index contributed by atoms with van der Waals surface area (Å²) in [6.07, 6.45) is 6.55. The fourth-order valence-electron chi connectivity index (χ4n) is 3.18. The van der Waals surface area contributed by atoms with Crippen molar-refractivity contribution in [2.75, 3.05) is 26.7 Å². The first-order chi connectivity index (χ1) is 9.64. The Morgan fingerprint density at radius 1 is 1.55 bits per heavy atom. The van der Waals surface area contributed by atoms with Crippen LogP contribution in [0.3, 0.4) is 0 Å². The molecular weight excluding hydrogens is 273 g/mol. The van der Waals surface area contributed by atoms with Crippen LogP contribution in [0.5, 0.6) is 0 Å². The second kappa shape index (κ2) is 5.45. The van der Waals surface area contributed by atoms with E-state index < -0.39 is 0 Å². The number of aryl methyl sites for hydroxylation is 1. The highest BCUT2D eigenvalue weighted by atomic mass is 32.1. The van der Waals surface area contributed by atoms with Crippen molar-refractivity contribution in [1.82, 2.24) is 15.2 Å². The largest absolute Gasteiger partial charge is 0.374 e. The second-order valence-electron chi connectivity index (χ2n) is 6.01. The van der Waals surface area contributed by atoms with Gasteiger partial charge in [-0.3, -0.25) is 0 Å². The third kappa shape index (κ3) is 2.61. The Labute approximate surface area is 123 Å². The summed E-state index contributed by atoms with van der Waals surface area (Å²) in [6.45, 7) is 4.80. The molecule has 1 aliphatic carbocycles. The molecular formula is C15H22FN3S. The highest BCUT2D eigenvalue weighted by Gasteiger charge is 2.53. The normalized spacial score (nSPS) is 24.6. The van der Waals surface area contributed by atoms with Gasteiger partial charge in [-0.25, -0.2) is 9.37 Å². The van der Waals surface area contributed by atoms with E-state index in [1.165, 1.54) is 9.88 Å². The van der Waals surface area contributed by atoms with Crippen LogP contribution in [0.25, 0.3) is 0 Å². The lowest BCUT2D eigenvalue weighted by molar-refractivity contribution is 0.224. The number of nitrogens with zero attached hydrogens (tertiary/aromatic N) is 2. The average Bonchev–Trinajstić information content (AvgIpc) is 3.13. The molecule has 0 bridgehead atoms. The number of thiazole rings is 1. The molecule has 0 spiro atoms. The van der Waals surface area contributed by atoms with Crippen molar-refractivity contribution in [3.05, 3.63) is 28.1 Å². The molecule has 0 saturated heterocycles. The lowest BCUT2D eigenvalue weighted by Gasteiger charge is -2.34. The lowest BCUT2D eigenvalue weighted by Crippen LogP contribution is -2.38. The van der Waals surface area contributed by atoms with Crippen molar-refractivity contribution in [3.63, 3.8) is 0 Å². The van der Waals surface area contributed by atoms with Crippen molar-refractivity contribution in [2.24, 2.45) is 5.92 Å². The van der Waals surface area contributed by atoms with Crippen molar-refractivity contribution in [3.8, 4) is 0 Å². The van der Waals surface area contributed by atoms with Crippen LogP contribution < -0.4 is 5.32 Å². The molecule has 5 heteroatoms. The molecule has 1 atom stereocenters. The molecule has 0 aromatic carbocycles. The third-order valence-electron chi connectivity index (χ3n) is 4.49. The van der Waals surface area contributed by atoms with E-state index in [-0.39, 0.29) is 11.2 Å². The van der Waals surface area contributed by atoms with Crippen LogP contribution in [-0.2, 0) is 5.41 Å². The maximum atomic E-state index is 14.0. The summed E-state index contributed by atoms with van der Waals surface area (Å²) in [6, 6.07) is 0. The van der Waals surface area contributed by atoms with Crippen LogP contribution in [-0.4, -0.2) is 36.6 Å². The van der Waals surface area contributed by atoms with E-state index in [1.807, 2.05) is 13.2 Å². The highest BCUT2D eigenvalue weighted by molar-refractivity contribution is 7.11. The molecule has 0 amide bonds. The number of hydrogen-bond donors (Lipinski definition) is 1. The van der Waals surface area contributed by atoms with Crippen molar-refractivity contribution >= 4 is 11.3 Å². The van der Waals surface area contributed by atoms with Crippen LogP contribution in [0.15, 0.2) is 18.2 Å². The zero-order chi connectivity index (χ0) is 14.2. The number of rotatable bonds is 5. The first-order valence-corrected chi connectivity index (χ1v) is 8.13. The summed E-state index contributed by atoms with van der Waals surface area (Å²) in [7, 11) is 1.93. The van der Waals surface area contributed by atoms with E-state index in [4.69, 9.17) is 0 Å². The van der Waals surface area contributed by atoms with Gasteiger partial charge in [-0.05, 0) is 32.7 Å². The first kappa shape index (κ1) is 14.0. The minimum Gasteiger partial charge on any atom is -0.374 e. The lowest BCUT2D eigenvalue weighted by atomic mass is 9.84. The second-order valence-corrected chi connectivity index (χ2v) is 7.24. The first-order valence-electron chi connectivity index (χ1n) is 7.32. The quantitative estimate of drug-likeness (QED) is 0.905. The number of aromatic nitrogens is 1. The van der Waals surface area contributed by atoms with Crippen LogP contribution in [0.1, 0.15) is 29.1 Å². The summed E-state index contributed by atoms with van der Waals surface area (Å²) in [5, 5.41) is 4.36. The summed E-state index contributed by atoms with van der Waals surface area (Å²) in [4.78, 5) is 7.96. The molecule has 3 rings (SSSR count). The van der Waals surface area contributed by atoms with E-state index in [9.17, 15) is 4.39 Å². The Kier molecular flexibility index (Phi) is 3.82. The number of allylic oxidation sites excluding steroid dienone is 1. The fraction of sp³-hybridized carbons (Fsp3) is 0.667. The topological polar surface area (TPSA) is 28.2 Å². The summed E-state index contributed by atoms with van der Waals surface area (Å²) in [5.41, 5.74) is 0.155. The smallest absolute Gasteiger partial charge is 0.116 e. The molecule has 110 valence electrons. The van der Waals surface area contributed by atoms with Crippen LogP contribution in [0.2, 0.25) is 0 Å². The van der Waals surface area contributed by atoms with Crippen LogP contribution >= 0.6 is 11.3 Å². The van der Waals surface area contributed by atoms with Gasteiger partial charge in [-0.2, -0.15) is 0 Å². The van der Waals surface area contributed by atoms with Gasteiger partial charge in [-0.1, -0.05) is 0 Å². The summed E-state index contributed by atoms with van der Waals surface area (Å²) < 4.78 is 14.0. The molecule has 1 aliphatic heterocycles. The maximum Gasteiger partial charge on any atom is 0.116 e. The minimum atomic E-state index is 0.0249. The van der Waals surface area contributed by atoms with E-state index in [0.29, 0.717) is 12.3 Å². The van der Waals surface area contributed by atoms with Crippen molar-refractivity contribution < 1.29 is 4.39 Å². The van der Waals surface area contributed by atoms with E-state index >= 15 is 0 Å². The molecule has 2 heterocycles. The predicted octanol–water partition coefficient (Wildman–Crippen LogP) is 2.84. The van der Waals surface area contributed by atoms with E-state index in [0.717, 1.165) is 32.5 Å². The monoisotopic (exact) mass is 295 g/mol. The molecule has 2 aliphatic rings. The van der Waals surface area contributed by atoms with Crippen molar-refractivity contribution in [1.29, 1.82) is 0 Å². The fourth-order valence-corrected chi connectivity index (χ4v) is 4.27. The summed E-state index contributed by atoms with van der Waals surface area (Å²) >= 11 is 1.79. The predicted molar refractivity (Wildman–Crippen MR) is 80.6 cm³/mol. The van der Waals surface area contributed by atoms with Crippen LogP contribution in [0.4, 0.5) is 4.39 Å². The van der Waals surface area contributed by atoms with Gasteiger partial charge < -0.3 is 10.2 Å². The maximum absolute atomic E-state index is 14.0. The van der Waals surface area contributed by atoms with Crippen molar-refractivity contribution in [2.45, 2.75) is 31.6 Å². The van der Waals surface area contributed by atoms with Gasteiger partial charge in [0.05, 0.1) is 5.01 Å². The third-order valence-corrected chi connectivity index (χ3v) is 5.62. The zero-order valence-electron chi connectivity index (χ0n) is 12.2. The molecule has 1 saturated carbocycles. The Hall–Kier alpha value is -0.940. The highest BCUT2D eigenvalue weighted by Crippen LogP contribution is 2.57. The Bertz CT molecular complexity index is 507. The standard InChI is InChI=1S/C15H22FN3S/c1-11-8-18-14(20-11)15(3-4-15)12-7-13(16)10-19(9-12)6-5-17-2/h8,10,12,17H,3-7,9H2,1-2H3. The number of likely N-dealkylation sites (N-methyl/N-ethyl adjacent to an activating group) is 1. The molecule has 1 aromatic rings. The van der Waals surface area contributed by atoms with Gasteiger partial charge in [0, 0.05) is 48.7 Å². The van der Waals surface area contributed by atoms with Gasteiger partial charge >= 0.3 is 0 Å². The average molecular weight is 295 g/mol. The van der Waals surface area contributed by atoms with E-state index in [1.54, 1.807) is 17.5 Å². The molecule has 0 radical (unpaired) electrons. The molecule has 20 heavy (non-hydrogen) atoms. The number of nitrogens with one attached hydrogen (secondary N) is 1. The number of halogens is 1.